The SMILES string of the molecule is CN(C)C1CCCN(C(=O)[C@H](N)C(C)(C)C)C1. The van der Waals surface area contributed by atoms with E-state index in [9.17, 15) is 4.79 Å². The summed E-state index contributed by atoms with van der Waals surface area (Å²) in [5.74, 6) is 0.101. The summed E-state index contributed by atoms with van der Waals surface area (Å²) in [7, 11) is 4.14. The third-order valence-electron chi connectivity index (χ3n) is 3.64. The number of likely N-dealkylation sites (N-methyl/N-ethyl adjacent to an activating group) is 1. The molecule has 0 bridgehead atoms. The summed E-state index contributed by atoms with van der Waals surface area (Å²) in [6.45, 7) is 7.72. The lowest BCUT2D eigenvalue weighted by molar-refractivity contribution is -0.136. The van der Waals surface area contributed by atoms with E-state index in [4.69, 9.17) is 5.73 Å². The predicted octanol–water partition coefficient (Wildman–Crippen LogP) is 0.912. The van der Waals surface area contributed by atoms with Gasteiger partial charge in [0.1, 0.15) is 0 Å². The molecule has 1 aliphatic heterocycles. The number of nitrogens with two attached hydrogens (primary N) is 1. The number of likely N-dealkylation sites (tertiary alicyclic amines) is 1. The van der Waals surface area contributed by atoms with Crippen molar-refractivity contribution in [3.63, 3.8) is 0 Å². The highest BCUT2D eigenvalue weighted by atomic mass is 16.2. The van der Waals surface area contributed by atoms with Crippen LogP contribution in [-0.4, -0.2) is 55.0 Å². The number of piperidine rings is 1. The minimum absolute atomic E-state index is 0.101. The molecule has 0 aromatic rings. The second-order valence-corrected chi connectivity index (χ2v) is 6.39. The average Bonchev–Trinajstić information content (AvgIpc) is 2.26. The maximum atomic E-state index is 12.3. The molecule has 0 aromatic carbocycles. The van der Waals surface area contributed by atoms with E-state index in [2.05, 4.69) is 19.0 Å². The molecule has 4 heteroatoms. The predicted molar refractivity (Wildman–Crippen MR) is 70.7 cm³/mol. The van der Waals surface area contributed by atoms with Gasteiger partial charge in [0, 0.05) is 19.1 Å². The molecule has 4 nitrogen and oxygen atoms in total. The molecule has 1 aliphatic rings. The first kappa shape index (κ1) is 14.5. The topological polar surface area (TPSA) is 49.6 Å². The minimum Gasteiger partial charge on any atom is -0.340 e. The second-order valence-electron chi connectivity index (χ2n) is 6.39. The summed E-state index contributed by atoms with van der Waals surface area (Å²) < 4.78 is 0. The number of hydrogen-bond donors (Lipinski definition) is 1. The lowest BCUT2D eigenvalue weighted by Crippen LogP contribution is -2.55. The van der Waals surface area contributed by atoms with E-state index >= 15 is 0 Å². The summed E-state index contributed by atoms with van der Waals surface area (Å²) in [4.78, 5) is 16.4. The first-order valence-electron chi connectivity index (χ1n) is 6.44. The highest BCUT2D eigenvalue weighted by Gasteiger charge is 2.33. The Morgan fingerprint density at radius 3 is 2.47 bits per heavy atom. The Balaban J connectivity index is 2.64. The maximum absolute atomic E-state index is 12.3. The van der Waals surface area contributed by atoms with Crippen LogP contribution in [0.4, 0.5) is 0 Å². The molecule has 1 heterocycles. The highest BCUT2D eigenvalue weighted by molar-refractivity contribution is 5.82. The first-order chi connectivity index (χ1) is 7.73. The Bertz CT molecular complexity index is 270. The van der Waals surface area contributed by atoms with Gasteiger partial charge >= 0.3 is 0 Å². The fourth-order valence-electron chi connectivity index (χ4n) is 2.14. The van der Waals surface area contributed by atoms with Crippen LogP contribution in [0.25, 0.3) is 0 Å². The largest absolute Gasteiger partial charge is 0.340 e. The smallest absolute Gasteiger partial charge is 0.240 e. The fourth-order valence-corrected chi connectivity index (χ4v) is 2.14. The van der Waals surface area contributed by atoms with E-state index in [1.807, 2.05) is 25.7 Å². The van der Waals surface area contributed by atoms with Crippen molar-refractivity contribution < 1.29 is 4.79 Å². The molecule has 0 aliphatic carbocycles. The van der Waals surface area contributed by atoms with E-state index in [0.29, 0.717) is 6.04 Å². The molecule has 1 fully saturated rings. The highest BCUT2D eigenvalue weighted by Crippen LogP contribution is 2.21. The van der Waals surface area contributed by atoms with Gasteiger partial charge in [-0.2, -0.15) is 0 Å². The minimum atomic E-state index is -0.400. The zero-order valence-electron chi connectivity index (χ0n) is 11.9. The molecule has 1 unspecified atom stereocenters. The van der Waals surface area contributed by atoms with Gasteiger partial charge in [-0.3, -0.25) is 4.79 Å². The summed E-state index contributed by atoms with van der Waals surface area (Å²) in [6.07, 6.45) is 2.24. The van der Waals surface area contributed by atoms with Crippen molar-refractivity contribution in [1.29, 1.82) is 0 Å². The number of amides is 1. The summed E-state index contributed by atoms with van der Waals surface area (Å²) in [6, 6.07) is 0.0725. The summed E-state index contributed by atoms with van der Waals surface area (Å²) >= 11 is 0. The van der Waals surface area contributed by atoms with Gasteiger partial charge in [0.15, 0.2) is 0 Å². The Kier molecular flexibility index (Phi) is 4.55. The van der Waals surface area contributed by atoms with E-state index in [0.717, 1.165) is 19.5 Å². The molecule has 0 spiro atoms. The zero-order valence-corrected chi connectivity index (χ0v) is 11.9. The first-order valence-corrected chi connectivity index (χ1v) is 6.44. The Morgan fingerprint density at radius 1 is 1.41 bits per heavy atom. The molecular weight excluding hydrogens is 214 g/mol. The second kappa shape index (κ2) is 5.36. The van der Waals surface area contributed by atoms with Crippen LogP contribution in [0, 0.1) is 5.41 Å². The standard InChI is InChI=1S/C13H27N3O/c1-13(2,3)11(14)12(17)16-8-6-7-10(9-16)15(4)5/h10-11H,6-9,14H2,1-5H3/t10?,11-/m0/s1. The Morgan fingerprint density at radius 2 is 2.00 bits per heavy atom. The van der Waals surface area contributed by atoms with E-state index in [1.165, 1.54) is 6.42 Å². The molecule has 0 aromatic heterocycles. The van der Waals surface area contributed by atoms with Crippen molar-refractivity contribution in [2.75, 3.05) is 27.2 Å². The van der Waals surface area contributed by atoms with Gasteiger partial charge in [-0.25, -0.2) is 0 Å². The molecule has 1 rings (SSSR count). The van der Waals surface area contributed by atoms with Crippen LogP contribution >= 0.6 is 0 Å². The van der Waals surface area contributed by atoms with Crippen molar-refractivity contribution in [3.05, 3.63) is 0 Å². The number of carbonyl (C=O) groups is 1. The van der Waals surface area contributed by atoms with Gasteiger partial charge in [0.05, 0.1) is 6.04 Å². The maximum Gasteiger partial charge on any atom is 0.240 e. The lowest BCUT2D eigenvalue weighted by Gasteiger charge is -2.39. The van der Waals surface area contributed by atoms with Crippen LogP contribution in [0.5, 0.6) is 0 Å². The van der Waals surface area contributed by atoms with Crippen molar-refractivity contribution in [2.45, 2.75) is 45.7 Å². The zero-order chi connectivity index (χ0) is 13.2. The van der Waals surface area contributed by atoms with E-state index < -0.39 is 6.04 Å². The Labute approximate surface area is 105 Å². The van der Waals surface area contributed by atoms with Gasteiger partial charge in [-0.05, 0) is 32.4 Å². The summed E-state index contributed by atoms with van der Waals surface area (Å²) in [5.41, 5.74) is 5.88. The molecule has 0 radical (unpaired) electrons. The number of rotatable bonds is 2. The van der Waals surface area contributed by atoms with Gasteiger partial charge in [-0.15, -0.1) is 0 Å². The third-order valence-corrected chi connectivity index (χ3v) is 3.64. The fraction of sp³-hybridized carbons (Fsp3) is 0.923. The van der Waals surface area contributed by atoms with Crippen LogP contribution in [0.2, 0.25) is 0 Å². The lowest BCUT2D eigenvalue weighted by atomic mass is 9.86. The van der Waals surface area contributed by atoms with Crippen LogP contribution < -0.4 is 5.73 Å². The van der Waals surface area contributed by atoms with Crippen LogP contribution in [0.1, 0.15) is 33.6 Å². The number of hydrogen-bond acceptors (Lipinski definition) is 3. The molecule has 2 N–H and O–H groups in total. The van der Waals surface area contributed by atoms with E-state index in [-0.39, 0.29) is 11.3 Å². The van der Waals surface area contributed by atoms with E-state index in [1.54, 1.807) is 0 Å². The molecule has 17 heavy (non-hydrogen) atoms. The monoisotopic (exact) mass is 241 g/mol. The molecule has 2 atom stereocenters. The summed E-state index contributed by atoms with van der Waals surface area (Å²) in [5, 5.41) is 0. The Hall–Kier alpha value is -0.610. The van der Waals surface area contributed by atoms with Crippen molar-refractivity contribution in [1.82, 2.24) is 9.80 Å². The van der Waals surface area contributed by atoms with Gasteiger partial charge in [-0.1, -0.05) is 20.8 Å². The normalized spacial score (nSPS) is 23.9. The van der Waals surface area contributed by atoms with Crippen LogP contribution in [0.3, 0.4) is 0 Å². The molecular formula is C13H27N3O. The number of carbonyl (C=O) groups excluding carboxylic acids is 1. The van der Waals surface area contributed by atoms with Gasteiger partial charge in [0.2, 0.25) is 5.91 Å². The van der Waals surface area contributed by atoms with Crippen molar-refractivity contribution in [3.8, 4) is 0 Å². The average molecular weight is 241 g/mol. The molecule has 1 saturated heterocycles. The van der Waals surface area contributed by atoms with Crippen LogP contribution in [0.15, 0.2) is 0 Å². The molecule has 100 valence electrons. The van der Waals surface area contributed by atoms with Gasteiger partial charge < -0.3 is 15.5 Å². The van der Waals surface area contributed by atoms with Crippen molar-refractivity contribution >= 4 is 5.91 Å². The van der Waals surface area contributed by atoms with Crippen molar-refractivity contribution in [2.24, 2.45) is 11.1 Å². The quantitative estimate of drug-likeness (QED) is 0.782. The molecule has 1 amide bonds. The number of nitrogens with zero attached hydrogens (tertiary/aromatic N) is 2. The third kappa shape index (κ3) is 3.68. The van der Waals surface area contributed by atoms with Gasteiger partial charge in [0.25, 0.3) is 0 Å². The molecule has 0 saturated carbocycles. The van der Waals surface area contributed by atoms with Crippen LogP contribution in [-0.2, 0) is 4.79 Å².